The van der Waals surface area contributed by atoms with Crippen molar-refractivity contribution in [1.82, 2.24) is 0 Å². The molecule has 1 aromatic heterocycles. The first kappa shape index (κ1) is 9.55. The summed E-state index contributed by atoms with van der Waals surface area (Å²) in [5.41, 5.74) is 1.09. The van der Waals surface area contributed by atoms with Gasteiger partial charge < -0.3 is 5.11 Å². The third kappa shape index (κ3) is 1.53. The zero-order valence-electron chi connectivity index (χ0n) is 6.55. The van der Waals surface area contributed by atoms with Gasteiger partial charge in [-0.15, -0.1) is 22.9 Å². The highest BCUT2D eigenvalue weighted by molar-refractivity contribution is 14.1. The van der Waals surface area contributed by atoms with Gasteiger partial charge in [0.1, 0.15) is 8.63 Å². The molecule has 0 atom stereocenters. The Labute approximate surface area is 98.5 Å². The van der Waals surface area contributed by atoms with Crippen LogP contribution in [-0.2, 0) is 5.88 Å². The molecule has 0 unspecified atom stereocenters. The fraction of sp³-hybridized carbons (Fsp3) is 0.111. The standard InChI is InChI=1S/C9H6ClIOS/c10-4-5-2-1-3-6-7(12)9(11)13-8(5)6/h1-3,12H,4H2. The molecule has 13 heavy (non-hydrogen) atoms. The molecule has 0 amide bonds. The monoisotopic (exact) mass is 324 g/mol. The lowest BCUT2D eigenvalue weighted by Gasteiger charge is -1.96. The second-order valence-corrected chi connectivity index (χ2v) is 5.75. The number of hydrogen-bond donors (Lipinski definition) is 1. The van der Waals surface area contributed by atoms with Crippen molar-refractivity contribution in [1.29, 1.82) is 0 Å². The maximum atomic E-state index is 9.68. The maximum Gasteiger partial charge on any atom is 0.147 e. The van der Waals surface area contributed by atoms with E-state index in [1.165, 1.54) is 0 Å². The Morgan fingerprint density at radius 2 is 2.23 bits per heavy atom. The highest BCUT2D eigenvalue weighted by Crippen LogP contribution is 2.39. The number of aromatic hydroxyl groups is 1. The Hall–Kier alpha value is 0. The number of hydrogen-bond acceptors (Lipinski definition) is 2. The van der Waals surface area contributed by atoms with Crippen LogP contribution in [0.1, 0.15) is 5.56 Å². The van der Waals surface area contributed by atoms with Crippen LogP contribution in [0.25, 0.3) is 10.1 Å². The average molecular weight is 325 g/mol. The van der Waals surface area contributed by atoms with Crippen molar-refractivity contribution in [3.8, 4) is 5.75 Å². The van der Waals surface area contributed by atoms with Gasteiger partial charge in [-0.2, -0.15) is 0 Å². The van der Waals surface area contributed by atoms with Gasteiger partial charge in [0.2, 0.25) is 0 Å². The van der Waals surface area contributed by atoms with E-state index in [0.717, 1.165) is 18.5 Å². The number of fused-ring (bicyclic) bond motifs is 1. The summed E-state index contributed by atoms with van der Waals surface area (Å²) in [5.74, 6) is 0.875. The summed E-state index contributed by atoms with van der Waals surface area (Å²) in [4.78, 5) is 0. The van der Waals surface area contributed by atoms with Crippen LogP contribution in [0.2, 0.25) is 0 Å². The summed E-state index contributed by atoms with van der Waals surface area (Å²) in [6.07, 6.45) is 0. The van der Waals surface area contributed by atoms with Crippen LogP contribution < -0.4 is 0 Å². The van der Waals surface area contributed by atoms with E-state index in [2.05, 4.69) is 22.6 Å². The van der Waals surface area contributed by atoms with Gasteiger partial charge in [0.25, 0.3) is 0 Å². The predicted molar refractivity (Wildman–Crippen MR) is 65.8 cm³/mol. The van der Waals surface area contributed by atoms with Crippen LogP contribution in [0.15, 0.2) is 18.2 Å². The van der Waals surface area contributed by atoms with E-state index in [9.17, 15) is 5.11 Å². The van der Waals surface area contributed by atoms with Gasteiger partial charge in [-0.05, 0) is 34.2 Å². The van der Waals surface area contributed by atoms with E-state index >= 15 is 0 Å². The molecule has 0 bridgehead atoms. The molecule has 0 aliphatic heterocycles. The van der Waals surface area contributed by atoms with Crippen molar-refractivity contribution in [2.24, 2.45) is 0 Å². The molecule has 0 saturated carbocycles. The fourth-order valence-electron chi connectivity index (χ4n) is 1.24. The van der Waals surface area contributed by atoms with Crippen molar-refractivity contribution in [2.75, 3.05) is 0 Å². The Morgan fingerprint density at radius 3 is 2.92 bits per heavy atom. The molecule has 2 rings (SSSR count). The quantitative estimate of drug-likeness (QED) is 0.622. The Balaban J connectivity index is 2.84. The molecule has 0 aliphatic rings. The molecular weight excluding hydrogens is 319 g/mol. The normalized spacial score (nSPS) is 10.9. The Morgan fingerprint density at radius 1 is 1.46 bits per heavy atom. The molecule has 2 aromatic rings. The first-order valence-corrected chi connectivity index (χ1v) is 6.12. The fourth-order valence-corrected chi connectivity index (χ4v) is 3.43. The lowest BCUT2D eigenvalue weighted by molar-refractivity contribution is 0.480. The molecule has 1 nitrogen and oxygen atoms in total. The average Bonchev–Trinajstić information content (AvgIpc) is 2.43. The minimum absolute atomic E-state index is 0.382. The van der Waals surface area contributed by atoms with E-state index in [1.54, 1.807) is 11.3 Å². The van der Waals surface area contributed by atoms with Crippen LogP contribution in [0.5, 0.6) is 5.75 Å². The smallest absolute Gasteiger partial charge is 0.147 e. The predicted octanol–water partition coefficient (Wildman–Crippen LogP) is 3.95. The molecule has 0 fully saturated rings. The molecule has 0 radical (unpaired) electrons. The van der Waals surface area contributed by atoms with Crippen molar-refractivity contribution in [3.63, 3.8) is 0 Å². The van der Waals surface area contributed by atoms with Gasteiger partial charge in [0.05, 0.1) is 0 Å². The zero-order chi connectivity index (χ0) is 9.42. The summed E-state index contributed by atoms with van der Waals surface area (Å²) in [7, 11) is 0. The molecule has 1 heterocycles. The molecular formula is C9H6ClIOS. The van der Waals surface area contributed by atoms with Gasteiger partial charge in [0, 0.05) is 16.0 Å². The van der Waals surface area contributed by atoms with Gasteiger partial charge >= 0.3 is 0 Å². The number of halogens is 2. The van der Waals surface area contributed by atoms with E-state index in [4.69, 9.17) is 11.6 Å². The van der Waals surface area contributed by atoms with Crippen LogP contribution in [0.4, 0.5) is 0 Å². The molecule has 1 aromatic carbocycles. The molecule has 0 saturated heterocycles. The van der Waals surface area contributed by atoms with Crippen molar-refractivity contribution < 1.29 is 5.11 Å². The molecule has 68 valence electrons. The lowest BCUT2D eigenvalue weighted by atomic mass is 10.2. The highest BCUT2D eigenvalue weighted by Gasteiger charge is 2.10. The minimum atomic E-state index is 0.382. The van der Waals surface area contributed by atoms with Gasteiger partial charge in [-0.1, -0.05) is 12.1 Å². The third-order valence-corrected chi connectivity index (χ3v) is 4.39. The first-order chi connectivity index (χ1) is 6.24. The zero-order valence-corrected chi connectivity index (χ0v) is 10.3. The topological polar surface area (TPSA) is 20.2 Å². The van der Waals surface area contributed by atoms with Crippen molar-refractivity contribution in [2.45, 2.75) is 5.88 Å². The van der Waals surface area contributed by atoms with Crippen molar-refractivity contribution >= 4 is 55.6 Å². The van der Waals surface area contributed by atoms with Crippen molar-refractivity contribution in [3.05, 3.63) is 26.6 Å². The van der Waals surface area contributed by atoms with Crippen LogP contribution in [0.3, 0.4) is 0 Å². The number of rotatable bonds is 1. The van der Waals surface area contributed by atoms with Gasteiger partial charge in [0.15, 0.2) is 0 Å². The molecule has 0 spiro atoms. The van der Waals surface area contributed by atoms with Gasteiger partial charge in [-0.3, -0.25) is 0 Å². The number of alkyl halides is 1. The maximum absolute atomic E-state index is 9.68. The second kappa shape index (κ2) is 3.63. The van der Waals surface area contributed by atoms with E-state index in [0.29, 0.717) is 11.6 Å². The molecule has 4 heteroatoms. The Kier molecular flexibility index (Phi) is 2.67. The lowest BCUT2D eigenvalue weighted by Crippen LogP contribution is -1.75. The summed E-state index contributed by atoms with van der Waals surface area (Å²) in [6, 6.07) is 5.82. The molecule has 0 aliphatic carbocycles. The van der Waals surface area contributed by atoms with Crippen LogP contribution in [-0.4, -0.2) is 5.11 Å². The number of benzene rings is 1. The van der Waals surface area contributed by atoms with Crippen LogP contribution in [0, 0.1) is 2.88 Å². The van der Waals surface area contributed by atoms with Crippen LogP contribution >= 0.6 is 45.5 Å². The summed E-state index contributed by atoms with van der Waals surface area (Å²) in [6.45, 7) is 0. The number of thiophene rings is 1. The van der Waals surface area contributed by atoms with E-state index in [1.807, 2.05) is 18.2 Å². The highest BCUT2D eigenvalue weighted by atomic mass is 127. The SMILES string of the molecule is Oc1c(I)sc2c(CCl)cccc12. The second-order valence-electron chi connectivity index (χ2n) is 2.65. The summed E-state index contributed by atoms with van der Waals surface area (Å²) >= 11 is 9.51. The van der Waals surface area contributed by atoms with E-state index in [-0.39, 0.29) is 0 Å². The first-order valence-electron chi connectivity index (χ1n) is 3.69. The summed E-state index contributed by atoms with van der Waals surface area (Å²) < 4.78 is 2.02. The van der Waals surface area contributed by atoms with Gasteiger partial charge in [-0.25, -0.2) is 0 Å². The van der Waals surface area contributed by atoms with E-state index < -0.39 is 0 Å². The minimum Gasteiger partial charge on any atom is -0.505 e. The summed E-state index contributed by atoms with van der Waals surface area (Å²) in [5, 5.41) is 10.6. The third-order valence-electron chi connectivity index (χ3n) is 1.87. The Bertz CT molecular complexity index is 452. The largest absolute Gasteiger partial charge is 0.505 e. The molecule has 1 N–H and O–H groups in total.